The summed E-state index contributed by atoms with van der Waals surface area (Å²) in [6.45, 7) is 7.26. The van der Waals surface area contributed by atoms with E-state index in [1.165, 1.54) is 0 Å². The number of piperazine rings is 1. The van der Waals surface area contributed by atoms with E-state index in [0.717, 1.165) is 43.4 Å². The van der Waals surface area contributed by atoms with Gasteiger partial charge in [-0.2, -0.15) is 5.26 Å². The second kappa shape index (κ2) is 12.0. The van der Waals surface area contributed by atoms with Crippen LogP contribution in [-0.2, 0) is 0 Å². The van der Waals surface area contributed by atoms with E-state index in [4.69, 9.17) is 14.7 Å². The van der Waals surface area contributed by atoms with Crippen LogP contribution in [0.25, 0.3) is 0 Å². The third-order valence-corrected chi connectivity index (χ3v) is 6.70. The fourth-order valence-electron chi connectivity index (χ4n) is 4.73. The van der Waals surface area contributed by atoms with Crippen molar-refractivity contribution in [3.63, 3.8) is 0 Å². The maximum atomic E-state index is 13.5. The Balaban J connectivity index is 0.00000320. The molecule has 2 aliphatic rings. The molecule has 0 bridgehead atoms. The Labute approximate surface area is 223 Å². The summed E-state index contributed by atoms with van der Waals surface area (Å²) in [6, 6.07) is 20.6. The third-order valence-electron chi connectivity index (χ3n) is 6.70. The van der Waals surface area contributed by atoms with Gasteiger partial charge < -0.3 is 14.4 Å². The summed E-state index contributed by atoms with van der Waals surface area (Å²) in [6.07, 6.45) is 1.70. The minimum Gasteiger partial charge on any atom is -0.486 e. The Kier molecular flexibility index (Phi) is 8.49. The molecule has 192 valence electrons. The Hall–Kier alpha value is -3.80. The summed E-state index contributed by atoms with van der Waals surface area (Å²) < 4.78 is 11.7. The summed E-state index contributed by atoms with van der Waals surface area (Å²) >= 11 is 0. The first-order valence-corrected chi connectivity index (χ1v) is 12.2. The zero-order valence-electron chi connectivity index (χ0n) is 20.7. The highest BCUT2D eigenvalue weighted by Gasteiger charge is 2.28. The van der Waals surface area contributed by atoms with E-state index in [0.29, 0.717) is 36.7 Å². The van der Waals surface area contributed by atoms with Crippen LogP contribution in [0.5, 0.6) is 11.5 Å². The molecule has 1 fully saturated rings. The quantitative estimate of drug-likeness (QED) is 0.486. The second-order valence-corrected chi connectivity index (χ2v) is 8.97. The molecule has 8 nitrogen and oxygen atoms in total. The Morgan fingerprint density at radius 1 is 1.03 bits per heavy atom. The monoisotopic (exact) mass is 519 g/mol. The molecule has 37 heavy (non-hydrogen) atoms. The zero-order valence-corrected chi connectivity index (χ0v) is 21.6. The summed E-state index contributed by atoms with van der Waals surface area (Å²) in [5.41, 5.74) is 2.14. The fraction of sp³-hybridized carbons (Fsp3) is 0.321. The van der Waals surface area contributed by atoms with Crippen molar-refractivity contribution in [2.75, 3.05) is 55.7 Å². The summed E-state index contributed by atoms with van der Waals surface area (Å²) in [5, 5.41) is 9.09. The standard InChI is InChI=1S/C28H29N5O3.ClH/c1-21(31-13-15-32(16-14-31)24-5-4-6-25-27(24)36-18-17-35-25)20-33(26-7-2-3-12-30-26)28(34)23-10-8-22(19-29)9-11-23;/h2-12,21H,13-18,20H2,1H3;1H. The van der Waals surface area contributed by atoms with Crippen LogP contribution in [0, 0.1) is 11.3 Å². The lowest BCUT2D eigenvalue weighted by atomic mass is 10.1. The maximum absolute atomic E-state index is 13.5. The van der Waals surface area contributed by atoms with Crippen molar-refractivity contribution in [3.8, 4) is 17.6 Å². The smallest absolute Gasteiger partial charge is 0.259 e. The summed E-state index contributed by atoms with van der Waals surface area (Å²) in [5.74, 6) is 2.13. The van der Waals surface area contributed by atoms with Crippen molar-refractivity contribution in [1.29, 1.82) is 5.26 Å². The number of benzene rings is 2. The van der Waals surface area contributed by atoms with Gasteiger partial charge in [-0.1, -0.05) is 12.1 Å². The molecule has 9 heteroatoms. The molecule has 0 radical (unpaired) electrons. The number of rotatable bonds is 6. The molecular weight excluding hydrogens is 490 g/mol. The Morgan fingerprint density at radius 2 is 1.78 bits per heavy atom. The lowest BCUT2D eigenvalue weighted by Crippen LogP contribution is -2.53. The van der Waals surface area contributed by atoms with Gasteiger partial charge in [0.15, 0.2) is 11.5 Å². The first kappa shape index (κ1) is 26.3. The molecule has 1 unspecified atom stereocenters. The van der Waals surface area contributed by atoms with Crippen LogP contribution in [0.1, 0.15) is 22.8 Å². The van der Waals surface area contributed by atoms with Crippen LogP contribution in [0.2, 0.25) is 0 Å². The molecule has 0 spiro atoms. The average molecular weight is 520 g/mol. The third kappa shape index (κ3) is 5.79. The van der Waals surface area contributed by atoms with Crippen molar-refractivity contribution in [1.82, 2.24) is 9.88 Å². The number of ether oxygens (including phenoxy) is 2. The van der Waals surface area contributed by atoms with Gasteiger partial charge >= 0.3 is 0 Å². The predicted molar refractivity (Wildman–Crippen MR) is 145 cm³/mol. The first-order valence-electron chi connectivity index (χ1n) is 12.2. The number of hydrogen-bond donors (Lipinski definition) is 0. The van der Waals surface area contributed by atoms with Gasteiger partial charge in [0.25, 0.3) is 5.91 Å². The summed E-state index contributed by atoms with van der Waals surface area (Å²) in [7, 11) is 0. The van der Waals surface area contributed by atoms with E-state index < -0.39 is 0 Å². The molecular formula is C28H30ClN5O3. The molecule has 5 rings (SSSR count). The van der Waals surface area contributed by atoms with Crippen LogP contribution in [-0.4, -0.2) is 67.8 Å². The Bertz CT molecular complexity index is 1240. The lowest BCUT2D eigenvalue weighted by Gasteiger charge is -2.41. The number of nitrogens with zero attached hydrogens (tertiary/aromatic N) is 5. The number of fused-ring (bicyclic) bond motifs is 1. The number of carbonyl (C=O) groups excluding carboxylic acids is 1. The van der Waals surface area contributed by atoms with E-state index >= 15 is 0 Å². The van der Waals surface area contributed by atoms with Crippen molar-refractivity contribution >= 4 is 29.8 Å². The van der Waals surface area contributed by atoms with Gasteiger partial charge in [-0.05, 0) is 55.5 Å². The minimum atomic E-state index is -0.128. The van der Waals surface area contributed by atoms with Gasteiger partial charge in [-0.25, -0.2) is 4.98 Å². The number of para-hydroxylation sites is 1. The first-order chi connectivity index (χ1) is 17.6. The number of hydrogen-bond acceptors (Lipinski definition) is 7. The SMILES string of the molecule is CC(CN(C(=O)c1ccc(C#N)cc1)c1ccccn1)N1CCN(c2cccc3c2OCCO3)CC1.Cl. The Morgan fingerprint density at radius 3 is 2.49 bits per heavy atom. The van der Waals surface area contributed by atoms with E-state index in [-0.39, 0.29) is 24.4 Å². The normalized spacial score (nSPS) is 15.7. The number of amides is 1. The second-order valence-electron chi connectivity index (χ2n) is 8.97. The van der Waals surface area contributed by atoms with E-state index in [2.05, 4.69) is 33.8 Å². The van der Waals surface area contributed by atoms with Crippen molar-refractivity contribution in [2.24, 2.45) is 0 Å². The average Bonchev–Trinajstić information content (AvgIpc) is 2.95. The van der Waals surface area contributed by atoms with Crippen molar-refractivity contribution in [3.05, 3.63) is 78.0 Å². The number of anilines is 2. The van der Waals surface area contributed by atoms with Crippen LogP contribution in [0.15, 0.2) is 66.9 Å². The van der Waals surface area contributed by atoms with Gasteiger partial charge in [0.1, 0.15) is 19.0 Å². The highest BCUT2D eigenvalue weighted by atomic mass is 35.5. The van der Waals surface area contributed by atoms with Gasteiger partial charge in [0.05, 0.1) is 17.3 Å². The van der Waals surface area contributed by atoms with Gasteiger partial charge in [0.2, 0.25) is 0 Å². The molecule has 1 amide bonds. The van der Waals surface area contributed by atoms with Gasteiger partial charge in [0, 0.05) is 50.5 Å². The molecule has 0 N–H and O–H groups in total. The predicted octanol–water partition coefficient (Wildman–Crippen LogP) is 4.00. The molecule has 0 aliphatic carbocycles. The zero-order chi connectivity index (χ0) is 24.9. The lowest BCUT2D eigenvalue weighted by molar-refractivity contribution is 0.0973. The number of pyridine rings is 1. The highest BCUT2D eigenvalue weighted by molar-refractivity contribution is 6.05. The molecule has 1 saturated heterocycles. The van der Waals surface area contributed by atoms with Crippen LogP contribution >= 0.6 is 12.4 Å². The molecule has 2 aromatic carbocycles. The molecule has 3 heterocycles. The van der Waals surface area contributed by atoms with Crippen molar-refractivity contribution in [2.45, 2.75) is 13.0 Å². The molecule has 1 atom stereocenters. The minimum absolute atomic E-state index is 0. The fourth-order valence-corrected chi connectivity index (χ4v) is 4.73. The van der Waals surface area contributed by atoms with E-state index in [1.54, 1.807) is 35.4 Å². The van der Waals surface area contributed by atoms with E-state index in [9.17, 15) is 4.79 Å². The van der Waals surface area contributed by atoms with E-state index in [1.807, 2.05) is 30.3 Å². The number of nitriles is 1. The molecule has 3 aromatic rings. The van der Waals surface area contributed by atoms with Gasteiger partial charge in [-0.15, -0.1) is 12.4 Å². The number of halogens is 1. The number of carbonyl (C=O) groups is 1. The number of aromatic nitrogens is 1. The van der Waals surface area contributed by atoms with Crippen LogP contribution in [0.3, 0.4) is 0 Å². The molecule has 0 saturated carbocycles. The maximum Gasteiger partial charge on any atom is 0.259 e. The highest BCUT2D eigenvalue weighted by Crippen LogP contribution is 2.39. The molecule has 2 aliphatic heterocycles. The largest absolute Gasteiger partial charge is 0.486 e. The van der Waals surface area contributed by atoms with Gasteiger partial charge in [-0.3, -0.25) is 14.6 Å². The molecule has 1 aromatic heterocycles. The summed E-state index contributed by atoms with van der Waals surface area (Å²) in [4.78, 5) is 24.4. The van der Waals surface area contributed by atoms with Crippen molar-refractivity contribution < 1.29 is 14.3 Å². The van der Waals surface area contributed by atoms with Crippen LogP contribution < -0.4 is 19.3 Å². The van der Waals surface area contributed by atoms with Crippen LogP contribution in [0.4, 0.5) is 11.5 Å². The topological polar surface area (TPSA) is 81.9 Å².